The largest absolute Gasteiger partial charge is 0.496 e. The van der Waals surface area contributed by atoms with Crippen LogP contribution in [0, 0.1) is 16.2 Å². The zero-order valence-electron chi connectivity index (χ0n) is 25.8. The second-order valence-electron chi connectivity index (χ2n) is 13.1. The van der Waals surface area contributed by atoms with Crippen LogP contribution in [0.3, 0.4) is 0 Å². The van der Waals surface area contributed by atoms with Crippen molar-refractivity contribution in [3.63, 3.8) is 0 Å². The molecule has 2 aliphatic carbocycles. The van der Waals surface area contributed by atoms with Gasteiger partial charge in [-0.2, -0.15) is 26.3 Å². The molecule has 0 radical (unpaired) electrons. The van der Waals surface area contributed by atoms with Crippen molar-refractivity contribution in [2.24, 2.45) is 16.5 Å². The fourth-order valence-corrected chi connectivity index (χ4v) is 6.87. The summed E-state index contributed by atoms with van der Waals surface area (Å²) in [5.74, 6) is -0.611. The van der Waals surface area contributed by atoms with Gasteiger partial charge in [0.05, 0.1) is 24.3 Å². The number of rotatable bonds is 6. The third-order valence-corrected chi connectivity index (χ3v) is 9.38. The van der Waals surface area contributed by atoms with Crippen LogP contribution in [-0.2, 0) is 34.7 Å². The van der Waals surface area contributed by atoms with Crippen LogP contribution in [0.1, 0.15) is 85.9 Å². The molecule has 1 heterocycles. The number of allylic oxidation sites excluding steroid dienone is 1. The average Bonchev–Trinajstić information content (AvgIpc) is 3.26. The summed E-state index contributed by atoms with van der Waals surface area (Å²) in [6.45, 7) is 5.73. The lowest BCUT2D eigenvalue weighted by Crippen LogP contribution is -2.35. The lowest BCUT2D eigenvalue weighted by molar-refractivity contribution is -0.143. The van der Waals surface area contributed by atoms with Gasteiger partial charge in [-0.15, -0.1) is 4.91 Å². The van der Waals surface area contributed by atoms with Crippen molar-refractivity contribution in [2.45, 2.75) is 83.8 Å². The molecular formula is C33H34F6N2O5. The summed E-state index contributed by atoms with van der Waals surface area (Å²) in [5.41, 5.74) is 0.892. The molecule has 3 atom stereocenters. The van der Waals surface area contributed by atoms with Crippen LogP contribution < -0.4 is 4.74 Å². The molecule has 2 amide bonds. The number of methoxy groups -OCH3 is 1. The van der Waals surface area contributed by atoms with E-state index in [1.807, 2.05) is 12.1 Å². The first-order valence-corrected chi connectivity index (χ1v) is 15.0. The molecule has 46 heavy (non-hydrogen) atoms. The number of ether oxygens (including phenoxy) is 2. The Labute approximate surface area is 261 Å². The molecule has 0 bridgehead atoms. The molecule has 2 aromatic rings. The quantitative estimate of drug-likeness (QED) is 0.230. The Kier molecular flexibility index (Phi) is 8.76. The van der Waals surface area contributed by atoms with E-state index in [4.69, 9.17) is 9.47 Å². The Bertz CT molecular complexity index is 1560. The van der Waals surface area contributed by atoms with Gasteiger partial charge in [0, 0.05) is 23.2 Å². The van der Waals surface area contributed by atoms with E-state index in [2.05, 4.69) is 19.0 Å². The maximum atomic E-state index is 13.6. The van der Waals surface area contributed by atoms with Gasteiger partial charge < -0.3 is 9.47 Å². The highest BCUT2D eigenvalue weighted by molar-refractivity contribution is 5.81. The Morgan fingerprint density at radius 3 is 2.26 bits per heavy atom. The summed E-state index contributed by atoms with van der Waals surface area (Å²) >= 11 is 0. The van der Waals surface area contributed by atoms with Gasteiger partial charge in [-0.05, 0) is 109 Å². The second kappa shape index (κ2) is 12.0. The summed E-state index contributed by atoms with van der Waals surface area (Å²) in [4.78, 5) is 37.5. The molecule has 0 saturated carbocycles. The molecule has 7 nitrogen and oxygen atoms in total. The minimum absolute atomic E-state index is 0.0385. The summed E-state index contributed by atoms with van der Waals surface area (Å²) < 4.78 is 92.6. The number of amides is 2. The van der Waals surface area contributed by atoms with Gasteiger partial charge in [-0.1, -0.05) is 13.8 Å². The van der Waals surface area contributed by atoms with Crippen molar-refractivity contribution in [3.8, 4) is 5.75 Å². The molecule has 3 aliphatic rings. The molecule has 5 rings (SSSR count). The number of fused-ring (bicyclic) bond motifs is 1. The second-order valence-corrected chi connectivity index (χ2v) is 13.1. The van der Waals surface area contributed by atoms with Crippen LogP contribution in [0.5, 0.6) is 5.75 Å². The van der Waals surface area contributed by atoms with Crippen molar-refractivity contribution in [1.82, 2.24) is 4.90 Å². The number of hydrogen-bond acceptors (Lipinski definition) is 5. The summed E-state index contributed by atoms with van der Waals surface area (Å²) in [6, 6.07) is 4.21. The predicted molar refractivity (Wildman–Crippen MR) is 156 cm³/mol. The molecule has 248 valence electrons. The third-order valence-electron chi connectivity index (χ3n) is 9.38. The van der Waals surface area contributed by atoms with E-state index >= 15 is 0 Å². The van der Waals surface area contributed by atoms with E-state index in [1.165, 1.54) is 11.8 Å². The van der Waals surface area contributed by atoms with E-state index in [1.54, 1.807) is 7.11 Å². The fraction of sp³-hybridized carbons (Fsp3) is 0.515. The van der Waals surface area contributed by atoms with Gasteiger partial charge in [-0.3, -0.25) is 9.69 Å². The number of hydrogen-bond donors (Lipinski definition) is 0. The summed E-state index contributed by atoms with van der Waals surface area (Å²) in [6.07, 6.45) is -8.92. The van der Waals surface area contributed by atoms with Crippen LogP contribution in [0.25, 0.3) is 5.57 Å². The molecule has 0 aromatic heterocycles. The highest BCUT2D eigenvalue weighted by atomic mass is 19.4. The van der Waals surface area contributed by atoms with Crippen LogP contribution in [0.15, 0.2) is 41.1 Å². The number of alkyl halides is 6. The van der Waals surface area contributed by atoms with Crippen LogP contribution in [0.2, 0.25) is 0 Å². The average molecular weight is 653 g/mol. The smallest absolute Gasteiger partial charge is 0.416 e. The molecule has 0 spiro atoms. The van der Waals surface area contributed by atoms with E-state index in [9.17, 15) is 40.8 Å². The molecule has 2 aromatic carbocycles. The number of cyclic esters (lactones) is 1. The van der Waals surface area contributed by atoms with Crippen molar-refractivity contribution in [3.05, 3.63) is 74.2 Å². The normalized spacial score (nSPS) is 23.2. The zero-order valence-corrected chi connectivity index (χ0v) is 25.8. The molecular weight excluding hydrogens is 618 g/mol. The monoisotopic (exact) mass is 652 g/mol. The molecule has 1 unspecified atom stereocenters. The van der Waals surface area contributed by atoms with Crippen molar-refractivity contribution >= 4 is 17.6 Å². The van der Waals surface area contributed by atoms with Gasteiger partial charge in [-0.25, -0.2) is 4.79 Å². The number of nitrogens with zero attached hydrogens (tertiary/aromatic N) is 2. The van der Waals surface area contributed by atoms with E-state index in [-0.39, 0.29) is 18.0 Å². The van der Waals surface area contributed by atoms with Gasteiger partial charge in [0.1, 0.15) is 11.9 Å². The van der Waals surface area contributed by atoms with Crippen molar-refractivity contribution < 1.29 is 45.4 Å². The Balaban J connectivity index is 1.52. The maximum Gasteiger partial charge on any atom is 0.416 e. The Morgan fingerprint density at radius 2 is 1.67 bits per heavy atom. The fourth-order valence-electron chi connectivity index (χ4n) is 6.87. The van der Waals surface area contributed by atoms with Gasteiger partial charge in [0.15, 0.2) is 0 Å². The first kappa shape index (κ1) is 33.5. The first-order chi connectivity index (χ1) is 21.4. The lowest BCUT2D eigenvalue weighted by Gasteiger charge is -2.36. The van der Waals surface area contributed by atoms with Crippen LogP contribution in [-0.4, -0.2) is 36.6 Å². The van der Waals surface area contributed by atoms with Crippen LogP contribution in [0.4, 0.5) is 31.1 Å². The molecule has 1 fully saturated rings. The van der Waals surface area contributed by atoms with Crippen LogP contribution >= 0.6 is 0 Å². The summed E-state index contributed by atoms with van der Waals surface area (Å²) in [5, 5.41) is 2.61. The lowest BCUT2D eigenvalue weighted by atomic mass is 9.72. The van der Waals surface area contributed by atoms with E-state index in [0.717, 1.165) is 34.3 Å². The van der Waals surface area contributed by atoms with E-state index in [0.29, 0.717) is 50.0 Å². The number of aryl methyl sites for hydroxylation is 1. The number of benzene rings is 2. The highest BCUT2D eigenvalue weighted by Crippen LogP contribution is 2.47. The third kappa shape index (κ3) is 6.64. The van der Waals surface area contributed by atoms with Crippen molar-refractivity contribution in [1.29, 1.82) is 0 Å². The first-order valence-electron chi connectivity index (χ1n) is 15.0. The zero-order chi connectivity index (χ0) is 33.8. The number of carbonyl (C=O) groups excluding carboxylic acids is 2. The van der Waals surface area contributed by atoms with Gasteiger partial charge in [0.2, 0.25) is 0 Å². The van der Waals surface area contributed by atoms with Crippen molar-refractivity contribution in [2.75, 3.05) is 13.7 Å². The Hall–Kier alpha value is -3.90. The molecule has 13 heteroatoms. The number of halogens is 6. The molecule has 0 N–H and O–H groups in total. The predicted octanol–water partition coefficient (Wildman–Crippen LogP) is 8.68. The Morgan fingerprint density at radius 1 is 1.02 bits per heavy atom. The van der Waals surface area contributed by atoms with Gasteiger partial charge >= 0.3 is 18.4 Å². The molecule has 1 saturated heterocycles. The SMILES string of the molecule is COc1cc2c(cc1C1=C(CN3C(=O)O[C@H](c4cc(C(F)(F)F)cc(C(F)(F)F)c4)[C@@H]3C)CC(C)(C)CC1)CC(C(=O)N=O)CC2. The van der Waals surface area contributed by atoms with E-state index < -0.39 is 59.1 Å². The molecule has 1 aliphatic heterocycles. The topological polar surface area (TPSA) is 85.3 Å². The maximum absolute atomic E-state index is 13.6. The van der Waals surface area contributed by atoms with Gasteiger partial charge in [0.25, 0.3) is 5.91 Å². The highest BCUT2D eigenvalue weighted by Gasteiger charge is 2.44. The number of nitroso groups, excluding NO2 is 1. The number of carbonyl (C=O) groups is 2. The standard InChI is InChI=1S/C33H34F6N2O5/c1-17-28(21-10-23(32(34,35)36)14-24(11-21)33(37,38)39)46-30(43)41(17)16-22-15-31(2,3)8-7-25(22)26-12-20-9-19(29(42)40-44)6-5-18(20)13-27(26)45-4/h10-14,17,19,28H,5-9,15-16H2,1-4H3/t17-,19?,28-/m0/s1. The summed E-state index contributed by atoms with van der Waals surface area (Å²) in [7, 11) is 1.54. The minimum Gasteiger partial charge on any atom is -0.496 e. The minimum atomic E-state index is -5.04.